The molecule has 0 amide bonds. The molecule has 1 unspecified atom stereocenters. The molecule has 5 N–H and O–H groups in total. The Bertz CT molecular complexity index is 181. The fourth-order valence-corrected chi connectivity index (χ4v) is 1.18. The van der Waals surface area contributed by atoms with Crippen molar-refractivity contribution in [1.29, 1.82) is 0 Å². The Morgan fingerprint density at radius 2 is 1.88 bits per heavy atom. The predicted molar refractivity (Wildman–Crippen MR) is 70.3 cm³/mol. The van der Waals surface area contributed by atoms with E-state index in [9.17, 15) is 5.11 Å². The van der Waals surface area contributed by atoms with Crippen molar-refractivity contribution in [2.75, 3.05) is 6.54 Å². The number of aliphatic hydroxyl groups is 1. The van der Waals surface area contributed by atoms with E-state index in [4.69, 9.17) is 11.6 Å². The number of rotatable bonds is 6. The summed E-state index contributed by atoms with van der Waals surface area (Å²) in [6.07, 6.45) is 2.35. The van der Waals surface area contributed by atoms with Gasteiger partial charge in [-0.3, -0.25) is 0 Å². The summed E-state index contributed by atoms with van der Waals surface area (Å²) in [4.78, 5) is 0. The van der Waals surface area contributed by atoms with Crippen LogP contribution in [0.25, 0.3) is 0 Å². The minimum Gasteiger partial charge on any atom is -0.403 e. The highest BCUT2D eigenvalue weighted by Crippen LogP contribution is 2.10. The third-order valence-electron chi connectivity index (χ3n) is 2.04. The summed E-state index contributed by atoms with van der Waals surface area (Å²) < 4.78 is 0. The first-order valence-electron chi connectivity index (χ1n) is 6.12. The van der Waals surface area contributed by atoms with Crippen molar-refractivity contribution in [1.82, 2.24) is 5.01 Å². The van der Waals surface area contributed by atoms with Gasteiger partial charge in [-0.2, -0.15) is 0 Å². The van der Waals surface area contributed by atoms with E-state index in [1.165, 1.54) is 6.20 Å². The van der Waals surface area contributed by atoms with Crippen molar-refractivity contribution in [2.24, 2.45) is 17.5 Å². The fraction of sp³-hybridized carbons (Fsp3) is 0.833. The molecule has 0 aromatic rings. The lowest BCUT2D eigenvalue weighted by atomic mass is 10.1. The monoisotopic (exact) mass is 231 g/mol. The first-order valence-corrected chi connectivity index (χ1v) is 6.12. The molecule has 0 aliphatic carbocycles. The van der Waals surface area contributed by atoms with Gasteiger partial charge in [0.1, 0.15) is 0 Å². The zero-order chi connectivity index (χ0) is 13.1. The van der Waals surface area contributed by atoms with E-state index in [1.54, 1.807) is 5.01 Å². The van der Waals surface area contributed by atoms with E-state index in [0.29, 0.717) is 18.8 Å². The minimum absolute atomic E-state index is 0.358. The average molecular weight is 231 g/mol. The number of hydrogen-bond acceptors (Lipinski definition) is 4. The molecule has 0 aliphatic rings. The summed E-state index contributed by atoms with van der Waals surface area (Å²) in [7, 11) is 0. The van der Waals surface area contributed by atoms with Crippen LogP contribution < -0.4 is 11.6 Å². The molecule has 0 heterocycles. The lowest BCUT2D eigenvalue weighted by Crippen LogP contribution is -2.35. The Morgan fingerprint density at radius 3 is 2.19 bits per heavy atom. The number of hydrogen-bond donors (Lipinski definition) is 3. The van der Waals surface area contributed by atoms with Gasteiger partial charge in [-0.15, -0.1) is 0 Å². The molecule has 0 aromatic heterocycles. The van der Waals surface area contributed by atoms with Gasteiger partial charge in [-0.1, -0.05) is 34.6 Å². The van der Waals surface area contributed by atoms with Crippen molar-refractivity contribution in [2.45, 2.75) is 53.6 Å². The highest BCUT2D eigenvalue weighted by Gasteiger charge is 2.11. The molecule has 0 bridgehead atoms. The van der Waals surface area contributed by atoms with E-state index in [-0.39, 0.29) is 6.10 Å². The highest BCUT2D eigenvalue weighted by molar-refractivity contribution is 4.98. The molecule has 0 aromatic carbocycles. The molecule has 0 saturated carbocycles. The molecule has 16 heavy (non-hydrogen) atoms. The van der Waals surface area contributed by atoms with Gasteiger partial charge in [0.25, 0.3) is 0 Å². The molecule has 0 radical (unpaired) electrons. The maximum Gasteiger partial charge on any atom is 0.0593 e. The maximum absolute atomic E-state index is 9.46. The van der Waals surface area contributed by atoms with Gasteiger partial charge in [-0.05, 0) is 12.3 Å². The predicted octanol–water partition coefficient (Wildman–Crippen LogP) is 1.81. The van der Waals surface area contributed by atoms with Crippen LogP contribution in [-0.4, -0.2) is 22.8 Å². The van der Waals surface area contributed by atoms with Crippen LogP contribution in [0.1, 0.15) is 47.5 Å². The second kappa shape index (κ2) is 10.8. The summed E-state index contributed by atoms with van der Waals surface area (Å²) in [5.41, 5.74) is 6.26. The molecular formula is C12H29N3O. The molecule has 0 spiro atoms. The van der Waals surface area contributed by atoms with Crippen LogP contribution in [-0.2, 0) is 0 Å². The molecule has 4 heteroatoms. The van der Waals surface area contributed by atoms with Crippen LogP contribution in [0.5, 0.6) is 0 Å². The molecule has 98 valence electrons. The van der Waals surface area contributed by atoms with Crippen LogP contribution in [0.15, 0.2) is 11.9 Å². The van der Waals surface area contributed by atoms with Crippen LogP contribution >= 0.6 is 0 Å². The second-order valence-electron chi connectivity index (χ2n) is 3.97. The lowest BCUT2D eigenvalue weighted by Gasteiger charge is -2.24. The van der Waals surface area contributed by atoms with Crippen LogP contribution in [0.4, 0.5) is 0 Å². The van der Waals surface area contributed by atoms with E-state index in [1.807, 2.05) is 20.8 Å². The largest absolute Gasteiger partial charge is 0.403 e. The number of nitrogens with two attached hydrogens (primary N) is 2. The van der Waals surface area contributed by atoms with Crippen LogP contribution in [0, 0.1) is 5.92 Å². The van der Waals surface area contributed by atoms with Gasteiger partial charge < -0.3 is 15.8 Å². The third kappa shape index (κ3) is 8.56. The first kappa shape index (κ1) is 17.6. The number of nitrogens with zero attached hydrogens (tertiary/aromatic N) is 1. The van der Waals surface area contributed by atoms with E-state index < -0.39 is 0 Å². The Hall–Kier alpha value is -0.740. The summed E-state index contributed by atoms with van der Waals surface area (Å²) in [5, 5.41) is 11.1. The van der Waals surface area contributed by atoms with Gasteiger partial charge >= 0.3 is 0 Å². The molecule has 1 atom stereocenters. The Balaban J connectivity index is 0. The van der Waals surface area contributed by atoms with Crippen molar-refractivity contribution in [3.05, 3.63) is 11.9 Å². The molecule has 4 nitrogen and oxygen atoms in total. The van der Waals surface area contributed by atoms with Gasteiger partial charge in [-0.25, -0.2) is 5.84 Å². The summed E-state index contributed by atoms with van der Waals surface area (Å²) >= 11 is 0. The molecule has 0 aliphatic heterocycles. The normalized spacial score (nSPS) is 13.1. The van der Waals surface area contributed by atoms with E-state index in [0.717, 1.165) is 12.2 Å². The lowest BCUT2D eigenvalue weighted by molar-refractivity contribution is 0.155. The zero-order valence-corrected chi connectivity index (χ0v) is 11.4. The smallest absolute Gasteiger partial charge is 0.0593 e. The van der Waals surface area contributed by atoms with Crippen LogP contribution in [0.3, 0.4) is 0 Å². The highest BCUT2D eigenvalue weighted by atomic mass is 16.3. The Morgan fingerprint density at radius 1 is 1.38 bits per heavy atom. The Kier molecular flexibility index (Phi) is 11.9. The van der Waals surface area contributed by atoms with Gasteiger partial charge in [0.2, 0.25) is 0 Å². The summed E-state index contributed by atoms with van der Waals surface area (Å²) in [6, 6.07) is 0. The zero-order valence-electron chi connectivity index (χ0n) is 11.4. The van der Waals surface area contributed by atoms with Crippen LogP contribution in [0.2, 0.25) is 0 Å². The van der Waals surface area contributed by atoms with Gasteiger partial charge in [0.15, 0.2) is 0 Å². The summed E-state index contributed by atoms with van der Waals surface area (Å²) in [5.74, 6) is 6.29. The van der Waals surface area contributed by atoms with Crippen molar-refractivity contribution in [3.8, 4) is 0 Å². The SMILES string of the molecule is CC.CCC(O)C/C(=C/N)N(N)CC(C)C. The number of hydrazine groups is 1. The number of aliphatic hydroxyl groups excluding tert-OH is 1. The maximum atomic E-state index is 9.46. The minimum atomic E-state index is -0.358. The fourth-order valence-electron chi connectivity index (χ4n) is 1.18. The molecule has 0 rings (SSSR count). The van der Waals surface area contributed by atoms with Crippen molar-refractivity contribution >= 4 is 0 Å². The Labute approximate surface area is 100 Å². The van der Waals surface area contributed by atoms with Gasteiger partial charge in [0.05, 0.1) is 6.10 Å². The summed E-state index contributed by atoms with van der Waals surface area (Å²) in [6.45, 7) is 10.9. The standard InChI is InChI=1S/C10H23N3O.C2H6/c1-4-10(14)5-9(6-11)13(12)7-8(2)3;1-2/h6,8,10,14H,4-5,7,11-12H2,1-3H3;1-2H3/b9-6-;. The van der Waals surface area contributed by atoms with Gasteiger partial charge in [0, 0.05) is 24.9 Å². The van der Waals surface area contributed by atoms with E-state index in [2.05, 4.69) is 13.8 Å². The van der Waals surface area contributed by atoms with E-state index >= 15 is 0 Å². The quantitative estimate of drug-likeness (QED) is 0.481. The topological polar surface area (TPSA) is 75.5 Å². The molecule has 0 saturated heterocycles. The first-order chi connectivity index (χ1) is 7.51. The second-order valence-corrected chi connectivity index (χ2v) is 3.97. The third-order valence-corrected chi connectivity index (χ3v) is 2.04. The average Bonchev–Trinajstić information content (AvgIpc) is 2.27. The van der Waals surface area contributed by atoms with Crippen molar-refractivity contribution in [3.63, 3.8) is 0 Å². The molecule has 0 fully saturated rings. The van der Waals surface area contributed by atoms with Crippen molar-refractivity contribution < 1.29 is 5.11 Å². The molecular weight excluding hydrogens is 202 g/mol.